The van der Waals surface area contributed by atoms with E-state index in [1.165, 1.54) is 12.7 Å². The van der Waals surface area contributed by atoms with E-state index in [1.54, 1.807) is 30.3 Å². The number of anilines is 1. The predicted molar refractivity (Wildman–Crippen MR) is 122 cm³/mol. The Morgan fingerprint density at radius 1 is 0.839 bits per heavy atom. The molecule has 0 aliphatic carbocycles. The van der Waals surface area contributed by atoms with Crippen molar-refractivity contribution in [2.24, 2.45) is 0 Å². The maximum absolute atomic E-state index is 13.3. The van der Waals surface area contributed by atoms with Gasteiger partial charge in [-0.05, 0) is 55.3 Å². The second-order valence-electron chi connectivity index (χ2n) is 7.36. The number of pyridine rings is 1. The van der Waals surface area contributed by atoms with Crippen LogP contribution >= 0.6 is 0 Å². The van der Waals surface area contributed by atoms with Crippen LogP contribution in [-0.2, 0) is 4.74 Å². The number of carbonyl (C=O) groups is 2. The second kappa shape index (κ2) is 8.40. The van der Waals surface area contributed by atoms with Crippen molar-refractivity contribution in [2.75, 3.05) is 12.4 Å². The highest BCUT2D eigenvalue weighted by Gasteiger charge is 2.18. The van der Waals surface area contributed by atoms with Gasteiger partial charge in [0.2, 0.25) is 0 Å². The summed E-state index contributed by atoms with van der Waals surface area (Å²) in [7, 11) is 1.31. The number of rotatable bonds is 4. The lowest BCUT2D eigenvalue weighted by Crippen LogP contribution is -2.16. The number of aryl methyl sites for hydroxylation is 2. The molecule has 0 atom stereocenters. The summed E-state index contributed by atoms with van der Waals surface area (Å²) in [6, 6.07) is 22.2. The third-order valence-electron chi connectivity index (χ3n) is 5.34. The summed E-state index contributed by atoms with van der Waals surface area (Å²) < 4.78 is 4.83. The van der Waals surface area contributed by atoms with Crippen LogP contribution in [0, 0.1) is 13.8 Å². The van der Waals surface area contributed by atoms with E-state index in [0.717, 1.165) is 22.0 Å². The monoisotopic (exact) mass is 410 g/mol. The van der Waals surface area contributed by atoms with Gasteiger partial charge in [0, 0.05) is 10.9 Å². The van der Waals surface area contributed by atoms with E-state index in [1.807, 2.05) is 36.4 Å². The van der Waals surface area contributed by atoms with Crippen molar-refractivity contribution in [3.05, 3.63) is 95.1 Å². The van der Waals surface area contributed by atoms with Crippen LogP contribution < -0.4 is 5.32 Å². The minimum absolute atomic E-state index is 0.297. The van der Waals surface area contributed by atoms with Gasteiger partial charge in [0.25, 0.3) is 5.91 Å². The minimum atomic E-state index is -0.508. The second-order valence-corrected chi connectivity index (χ2v) is 7.36. The summed E-state index contributed by atoms with van der Waals surface area (Å²) in [5.74, 6) is -0.827. The third-order valence-corrected chi connectivity index (χ3v) is 5.34. The fourth-order valence-electron chi connectivity index (χ4n) is 3.48. The van der Waals surface area contributed by atoms with Gasteiger partial charge in [-0.2, -0.15) is 0 Å². The predicted octanol–water partition coefficient (Wildman–Crippen LogP) is 5.56. The molecule has 0 saturated carbocycles. The van der Waals surface area contributed by atoms with Crippen LogP contribution in [0.4, 0.5) is 5.69 Å². The molecule has 0 unspecified atom stereocenters. The van der Waals surface area contributed by atoms with Gasteiger partial charge in [-0.15, -0.1) is 0 Å². The molecule has 0 bridgehead atoms. The molecule has 5 heteroatoms. The lowest BCUT2D eigenvalue weighted by molar-refractivity contribution is 0.0602. The van der Waals surface area contributed by atoms with Crippen molar-refractivity contribution >= 4 is 28.5 Å². The highest BCUT2D eigenvalue weighted by Crippen LogP contribution is 2.27. The Morgan fingerprint density at radius 2 is 1.58 bits per heavy atom. The molecule has 0 radical (unpaired) electrons. The van der Waals surface area contributed by atoms with Crippen LogP contribution in [0.1, 0.15) is 31.8 Å². The summed E-state index contributed by atoms with van der Waals surface area (Å²) in [5.41, 5.74) is 5.92. The van der Waals surface area contributed by atoms with Gasteiger partial charge in [-0.1, -0.05) is 42.5 Å². The number of benzene rings is 3. The van der Waals surface area contributed by atoms with Crippen molar-refractivity contribution in [3.63, 3.8) is 0 Å². The van der Waals surface area contributed by atoms with Gasteiger partial charge in [0.05, 0.1) is 35.1 Å². The van der Waals surface area contributed by atoms with Crippen LogP contribution in [-0.4, -0.2) is 24.0 Å². The minimum Gasteiger partial charge on any atom is -0.465 e. The first-order valence-corrected chi connectivity index (χ1v) is 9.94. The van der Waals surface area contributed by atoms with E-state index in [9.17, 15) is 9.59 Å². The lowest BCUT2D eigenvalue weighted by atomic mass is 10.0. The molecule has 31 heavy (non-hydrogen) atoms. The average Bonchev–Trinajstić information content (AvgIpc) is 2.80. The molecule has 4 aromatic rings. The number of esters is 1. The number of nitrogens with zero attached hydrogens (tertiary/aromatic N) is 1. The van der Waals surface area contributed by atoms with Crippen molar-refractivity contribution in [1.82, 2.24) is 4.98 Å². The zero-order valence-corrected chi connectivity index (χ0v) is 17.6. The number of nitrogens with one attached hydrogen (secondary N) is 1. The molecular formula is C26H22N2O3. The molecule has 1 aromatic heterocycles. The number of ether oxygens (including phenoxy) is 1. The Morgan fingerprint density at radius 3 is 2.35 bits per heavy atom. The molecule has 0 aliphatic rings. The quantitative estimate of drug-likeness (QED) is 0.448. The van der Waals surface area contributed by atoms with Crippen molar-refractivity contribution in [1.29, 1.82) is 0 Å². The Bertz CT molecular complexity index is 1310. The number of hydrogen-bond donors (Lipinski definition) is 1. The van der Waals surface area contributed by atoms with Crippen LogP contribution in [0.3, 0.4) is 0 Å². The molecule has 154 valence electrons. The Kier molecular flexibility index (Phi) is 5.50. The van der Waals surface area contributed by atoms with E-state index < -0.39 is 5.97 Å². The van der Waals surface area contributed by atoms with Gasteiger partial charge in [-0.3, -0.25) is 4.79 Å². The molecule has 0 fully saturated rings. The smallest absolute Gasteiger partial charge is 0.339 e. The third kappa shape index (κ3) is 4.03. The lowest BCUT2D eigenvalue weighted by Gasteiger charge is -2.13. The van der Waals surface area contributed by atoms with Gasteiger partial charge >= 0.3 is 5.97 Å². The zero-order valence-electron chi connectivity index (χ0n) is 17.6. The number of para-hydroxylation sites is 2. The molecule has 3 aromatic carbocycles. The maximum atomic E-state index is 13.3. The molecule has 5 nitrogen and oxygen atoms in total. The molecule has 0 saturated heterocycles. The van der Waals surface area contributed by atoms with Gasteiger partial charge in [0.15, 0.2) is 0 Å². The number of fused-ring (bicyclic) bond motifs is 1. The van der Waals surface area contributed by atoms with E-state index in [2.05, 4.69) is 25.2 Å². The average molecular weight is 410 g/mol. The summed E-state index contributed by atoms with van der Waals surface area (Å²) in [5, 5.41) is 3.60. The van der Waals surface area contributed by atoms with Gasteiger partial charge < -0.3 is 10.1 Å². The van der Waals surface area contributed by atoms with Crippen LogP contribution in [0.15, 0.2) is 72.8 Å². The summed E-state index contributed by atoms with van der Waals surface area (Å²) >= 11 is 0. The Hall–Kier alpha value is -3.99. The highest BCUT2D eigenvalue weighted by molar-refractivity contribution is 6.14. The molecule has 0 spiro atoms. The number of methoxy groups -OCH3 is 1. The maximum Gasteiger partial charge on any atom is 0.339 e. The largest absolute Gasteiger partial charge is 0.465 e. The van der Waals surface area contributed by atoms with Crippen LogP contribution in [0.25, 0.3) is 22.2 Å². The van der Waals surface area contributed by atoms with Crippen molar-refractivity contribution in [3.8, 4) is 11.3 Å². The number of amides is 1. The SMILES string of the molecule is COC(=O)c1ccccc1NC(=O)c1cc(-c2ccc(C)c(C)c2)nc2ccccc12. The molecule has 0 aliphatic heterocycles. The summed E-state index contributed by atoms with van der Waals surface area (Å²) in [6.07, 6.45) is 0. The van der Waals surface area contributed by atoms with E-state index in [-0.39, 0.29) is 5.91 Å². The summed E-state index contributed by atoms with van der Waals surface area (Å²) in [4.78, 5) is 30.2. The van der Waals surface area contributed by atoms with Crippen molar-refractivity contribution < 1.29 is 14.3 Å². The van der Waals surface area contributed by atoms with Gasteiger partial charge in [0.1, 0.15) is 0 Å². The van der Waals surface area contributed by atoms with Crippen LogP contribution in [0.5, 0.6) is 0 Å². The highest BCUT2D eigenvalue weighted by atomic mass is 16.5. The topological polar surface area (TPSA) is 68.3 Å². The molecule has 1 heterocycles. The Labute approximate surface area is 180 Å². The standard InChI is InChI=1S/C26H22N2O3/c1-16-12-13-18(14-17(16)2)24-15-21(19-8-4-6-10-22(19)27-24)25(29)28-23-11-7-5-9-20(23)26(30)31-3/h4-15H,1-3H3,(H,28,29). The first-order valence-electron chi connectivity index (χ1n) is 9.94. The van der Waals surface area contributed by atoms with E-state index >= 15 is 0 Å². The zero-order chi connectivity index (χ0) is 22.0. The summed E-state index contributed by atoms with van der Waals surface area (Å²) in [6.45, 7) is 4.11. The van der Waals surface area contributed by atoms with E-state index in [4.69, 9.17) is 9.72 Å². The first-order chi connectivity index (χ1) is 15.0. The molecule has 4 rings (SSSR count). The fraction of sp³-hybridized carbons (Fsp3) is 0.115. The Balaban J connectivity index is 1.81. The number of aromatic nitrogens is 1. The first kappa shape index (κ1) is 20.3. The number of hydrogen-bond acceptors (Lipinski definition) is 4. The van der Waals surface area contributed by atoms with Crippen LogP contribution in [0.2, 0.25) is 0 Å². The molecular weight excluding hydrogens is 388 g/mol. The van der Waals surface area contributed by atoms with E-state index in [0.29, 0.717) is 22.5 Å². The molecule has 1 N–H and O–H groups in total. The fourth-order valence-corrected chi connectivity index (χ4v) is 3.48. The molecule has 1 amide bonds. The van der Waals surface area contributed by atoms with Gasteiger partial charge in [-0.25, -0.2) is 9.78 Å². The van der Waals surface area contributed by atoms with Crippen molar-refractivity contribution in [2.45, 2.75) is 13.8 Å². The number of carbonyl (C=O) groups excluding carboxylic acids is 2. The normalized spacial score (nSPS) is 10.7.